The predicted octanol–water partition coefficient (Wildman–Crippen LogP) is 0.535. The fourth-order valence-corrected chi connectivity index (χ4v) is 1.70. The van der Waals surface area contributed by atoms with Crippen LogP contribution in [-0.2, 0) is 4.79 Å². The van der Waals surface area contributed by atoms with E-state index < -0.39 is 5.97 Å². The van der Waals surface area contributed by atoms with Crippen LogP contribution in [0.4, 0.5) is 0 Å². The number of nitrogens with two attached hydrogens (primary N) is 1. The van der Waals surface area contributed by atoms with Crippen molar-refractivity contribution in [3.05, 3.63) is 0 Å². The van der Waals surface area contributed by atoms with Crippen molar-refractivity contribution < 1.29 is 9.90 Å². The van der Waals surface area contributed by atoms with E-state index in [2.05, 4.69) is 5.32 Å². The molecule has 0 aromatic rings. The van der Waals surface area contributed by atoms with Gasteiger partial charge in [0.2, 0.25) is 0 Å². The molecule has 1 aliphatic rings. The summed E-state index contributed by atoms with van der Waals surface area (Å²) in [6.07, 6.45) is 2.94. The highest BCUT2D eigenvalue weighted by Crippen LogP contribution is 2.24. The van der Waals surface area contributed by atoms with E-state index in [1.807, 2.05) is 0 Å². The largest absolute Gasteiger partial charge is 0.481 e. The number of hydrogen-bond acceptors (Lipinski definition) is 2. The van der Waals surface area contributed by atoms with Gasteiger partial charge in [-0.15, -0.1) is 12.4 Å². The first-order valence-electron chi connectivity index (χ1n) is 4.43. The molecular formula is C8H16ClN3O2. The zero-order valence-corrected chi connectivity index (χ0v) is 8.64. The van der Waals surface area contributed by atoms with Crippen molar-refractivity contribution in [1.29, 1.82) is 5.41 Å². The molecule has 0 saturated heterocycles. The summed E-state index contributed by atoms with van der Waals surface area (Å²) in [6, 6.07) is 0.188. The van der Waals surface area contributed by atoms with E-state index in [-0.39, 0.29) is 30.3 Å². The van der Waals surface area contributed by atoms with Crippen LogP contribution in [0.25, 0.3) is 0 Å². The number of carbonyl (C=O) groups is 1. The minimum Gasteiger partial charge on any atom is -0.481 e. The van der Waals surface area contributed by atoms with Crippen molar-refractivity contribution in [2.24, 2.45) is 11.7 Å². The maximum Gasteiger partial charge on any atom is 0.306 e. The van der Waals surface area contributed by atoms with Crippen LogP contribution in [0.5, 0.6) is 0 Å². The van der Waals surface area contributed by atoms with E-state index in [9.17, 15) is 4.79 Å². The molecule has 5 N–H and O–H groups in total. The molecule has 0 aliphatic heterocycles. The molecule has 1 aliphatic carbocycles. The Morgan fingerprint density at radius 2 is 1.86 bits per heavy atom. The lowest BCUT2D eigenvalue weighted by Crippen LogP contribution is -2.41. The number of nitrogens with one attached hydrogen (secondary N) is 2. The number of guanidine groups is 1. The lowest BCUT2D eigenvalue weighted by molar-refractivity contribution is -0.142. The van der Waals surface area contributed by atoms with Gasteiger partial charge in [0.1, 0.15) is 0 Å². The Morgan fingerprint density at radius 3 is 2.21 bits per heavy atom. The zero-order chi connectivity index (χ0) is 9.84. The molecular weight excluding hydrogens is 206 g/mol. The first kappa shape index (κ1) is 13.0. The Kier molecular flexibility index (Phi) is 5.30. The summed E-state index contributed by atoms with van der Waals surface area (Å²) in [5.74, 6) is -0.940. The number of aliphatic carboxylic acids is 1. The van der Waals surface area contributed by atoms with Crippen LogP contribution in [0.3, 0.4) is 0 Å². The molecule has 6 heteroatoms. The Morgan fingerprint density at radius 1 is 1.36 bits per heavy atom. The van der Waals surface area contributed by atoms with Crippen LogP contribution in [0, 0.1) is 11.3 Å². The number of carboxylic acid groups (broad SMARTS) is 1. The zero-order valence-electron chi connectivity index (χ0n) is 7.82. The highest BCUT2D eigenvalue weighted by atomic mass is 35.5. The molecule has 0 amide bonds. The van der Waals surface area contributed by atoms with E-state index >= 15 is 0 Å². The van der Waals surface area contributed by atoms with Gasteiger partial charge in [0, 0.05) is 6.04 Å². The minimum atomic E-state index is -0.707. The first-order valence-corrected chi connectivity index (χ1v) is 4.43. The molecule has 0 unspecified atom stereocenters. The van der Waals surface area contributed by atoms with E-state index in [0.717, 1.165) is 12.8 Å². The molecule has 1 fully saturated rings. The van der Waals surface area contributed by atoms with E-state index in [0.29, 0.717) is 12.8 Å². The number of carboxylic acids is 1. The van der Waals surface area contributed by atoms with Gasteiger partial charge in [0.25, 0.3) is 0 Å². The molecule has 5 nitrogen and oxygen atoms in total. The fourth-order valence-electron chi connectivity index (χ4n) is 1.70. The fraction of sp³-hybridized carbons (Fsp3) is 0.750. The summed E-state index contributed by atoms with van der Waals surface area (Å²) in [4.78, 5) is 10.6. The van der Waals surface area contributed by atoms with Crippen LogP contribution in [0.15, 0.2) is 0 Å². The quantitative estimate of drug-likeness (QED) is 0.404. The first-order chi connectivity index (χ1) is 6.09. The van der Waals surface area contributed by atoms with Gasteiger partial charge in [-0.2, -0.15) is 0 Å². The second-order valence-electron chi connectivity index (χ2n) is 3.44. The Balaban J connectivity index is 0.00000169. The van der Waals surface area contributed by atoms with Gasteiger partial charge < -0.3 is 16.2 Å². The average Bonchev–Trinajstić information content (AvgIpc) is 2.04. The van der Waals surface area contributed by atoms with Crippen LogP contribution in [0.1, 0.15) is 25.7 Å². The number of hydrogen-bond donors (Lipinski definition) is 4. The van der Waals surface area contributed by atoms with Crippen molar-refractivity contribution in [2.75, 3.05) is 0 Å². The van der Waals surface area contributed by atoms with Gasteiger partial charge in [0.05, 0.1) is 5.92 Å². The van der Waals surface area contributed by atoms with Crippen molar-refractivity contribution in [3.63, 3.8) is 0 Å². The highest BCUT2D eigenvalue weighted by Gasteiger charge is 2.25. The Labute approximate surface area is 89.0 Å². The second-order valence-corrected chi connectivity index (χ2v) is 3.44. The minimum absolute atomic E-state index is 0. The van der Waals surface area contributed by atoms with Gasteiger partial charge in [-0.1, -0.05) is 0 Å². The summed E-state index contributed by atoms with van der Waals surface area (Å²) >= 11 is 0. The molecule has 0 atom stereocenters. The smallest absolute Gasteiger partial charge is 0.306 e. The Hall–Kier alpha value is -0.970. The van der Waals surface area contributed by atoms with Gasteiger partial charge in [-0.3, -0.25) is 10.2 Å². The van der Waals surface area contributed by atoms with Crippen LogP contribution >= 0.6 is 12.4 Å². The number of rotatable bonds is 2. The van der Waals surface area contributed by atoms with Crippen LogP contribution in [0.2, 0.25) is 0 Å². The third kappa shape index (κ3) is 3.83. The maximum absolute atomic E-state index is 10.6. The predicted molar refractivity (Wildman–Crippen MR) is 55.7 cm³/mol. The van der Waals surface area contributed by atoms with Crippen LogP contribution in [-0.4, -0.2) is 23.1 Å². The monoisotopic (exact) mass is 221 g/mol. The van der Waals surface area contributed by atoms with Crippen LogP contribution < -0.4 is 11.1 Å². The summed E-state index contributed by atoms with van der Waals surface area (Å²) in [5, 5.41) is 18.5. The van der Waals surface area contributed by atoms with Gasteiger partial charge in [-0.25, -0.2) is 0 Å². The molecule has 0 radical (unpaired) electrons. The summed E-state index contributed by atoms with van der Waals surface area (Å²) < 4.78 is 0. The molecule has 0 aromatic carbocycles. The van der Waals surface area contributed by atoms with Crippen molar-refractivity contribution in [3.8, 4) is 0 Å². The van der Waals surface area contributed by atoms with Crippen molar-refractivity contribution in [1.82, 2.24) is 5.32 Å². The highest BCUT2D eigenvalue weighted by molar-refractivity contribution is 5.85. The molecule has 0 aromatic heterocycles. The molecule has 0 spiro atoms. The molecule has 0 bridgehead atoms. The van der Waals surface area contributed by atoms with E-state index in [1.165, 1.54) is 0 Å². The number of halogens is 1. The Bertz CT molecular complexity index is 215. The normalized spacial score (nSPS) is 26.0. The lowest BCUT2D eigenvalue weighted by Gasteiger charge is -2.26. The standard InChI is InChI=1S/C8H15N3O2.ClH/c9-8(10)11-6-3-1-5(2-4-6)7(12)13;/h5-6H,1-4H2,(H,12,13)(H4,9,10,11);1H. The second kappa shape index (κ2) is 5.70. The van der Waals surface area contributed by atoms with E-state index in [4.69, 9.17) is 16.2 Å². The summed E-state index contributed by atoms with van der Waals surface area (Å²) in [6.45, 7) is 0. The maximum atomic E-state index is 10.6. The third-order valence-corrected chi connectivity index (χ3v) is 2.44. The molecule has 14 heavy (non-hydrogen) atoms. The SMILES string of the molecule is Cl.N=C(N)NC1CCC(C(=O)O)CC1. The van der Waals surface area contributed by atoms with Gasteiger partial charge in [0.15, 0.2) is 5.96 Å². The molecule has 1 rings (SSSR count). The summed E-state index contributed by atoms with van der Waals surface area (Å²) in [7, 11) is 0. The van der Waals surface area contributed by atoms with Gasteiger partial charge in [-0.05, 0) is 25.7 Å². The summed E-state index contributed by atoms with van der Waals surface area (Å²) in [5.41, 5.74) is 5.17. The topological polar surface area (TPSA) is 99.2 Å². The van der Waals surface area contributed by atoms with Crippen molar-refractivity contribution in [2.45, 2.75) is 31.7 Å². The van der Waals surface area contributed by atoms with Crippen molar-refractivity contribution >= 4 is 24.3 Å². The molecule has 0 heterocycles. The molecule has 82 valence electrons. The lowest BCUT2D eigenvalue weighted by atomic mass is 9.86. The van der Waals surface area contributed by atoms with E-state index in [1.54, 1.807) is 0 Å². The molecule has 1 saturated carbocycles. The van der Waals surface area contributed by atoms with Gasteiger partial charge >= 0.3 is 5.97 Å². The third-order valence-electron chi connectivity index (χ3n) is 2.44. The average molecular weight is 222 g/mol.